The smallest absolute Gasteiger partial charge is 0.317 e. The molecule has 122 valence electrons. The van der Waals surface area contributed by atoms with E-state index in [1.807, 2.05) is 13.8 Å². The second kappa shape index (κ2) is 7.64. The predicted octanol–water partition coefficient (Wildman–Crippen LogP) is 1.94. The Hall–Kier alpha value is -1.30. The lowest BCUT2D eigenvalue weighted by Gasteiger charge is -2.29. The molecule has 2 amide bonds. The standard InChI is InChI=1S/C15H28N2O4/c1-5-6-12(9-21-4)16-14(20)17-8-7-15(10-17,11(2)3)13(18)19/h11-12H,5-10H2,1-4H3,(H,16,20)(H,18,19). The van der Waals surface area contributed by atoms with E-state index in [1.165, 1.54) is 0 Å². The van der Waals surface area contributed by atoms with Crippen LogP contribution in [0.3, 0.4) is 0 Å². The lowest BCUT2D eigenvalue weighted by molar-refractivity contribution is -0.150. The molecule has 0 aliphatic carbocycles. The zero-order valence-corrected chi connectivity index (χ0v) is 13.5. The molecule has 0 bridgehead atoms. The molecule has 0 aromatic carbocycles. The highest BCUT2D eigenvalue weighted by molar-refractivity contribution is 5.80. The van der Waals surface area contributed by atoms with Gasteiger partial charge < -0.3 is 20.1 Å². The van der Waals surface area contributed by atoms with E-state index in [9.17, 15) is 14.7 Å². The molecule has 1 fully saturated rings. The first-order valence-electron chi connectivity index (χ1n) is 7.65. The summed E-state index contributed by atoms with van der Waals surface area (Å²) >= 11 is 0. The van der Waals surface area contributed by atoms with Crippen molar-refractivity contribution in [3.63, 3.8) is 0 Å². The summed E-state index contributed by atoms with van der Waals surface area (Å²) in [4.78, 5) is 25.5. The molecule has 6 heteroatoms. The van der Waals surface area contributed by atoms with Crippen LogP contribution >= 0.6 is 0 Å². The highest BCUT2D eigenvalue weighted by Crippen LogP contribution is 2.38. The molecule has 0 radical (unpaired) electrons. The van der Waals surface area contributed by atoms with E-state index in [-0.39, 0.29) is 24.5 Å². The molecule has 21 heavy (non-hydrogen) atoms. The van der Waals surface area contributed by atoms with Gasteiger partial charge in [-0.15, -0.1) is 0 Å². The Morgan fingerprint density at radius 2 is 2.10 bits per heavy atom. The Bertz CT molecular complexity index is 367. The molecule has 1 heterocycles. The van der Waals surface area contributed by atoms with Gasteiger partial charge >= 0.3 is 12.0 Å². The number of hydrogen-bond acceptors (Lipinski definition) is 3. The third-order valence-electron chi connectivity index (χ3n) is 4.45. The van der Waals surface area contributed by atoms with Gasteiger partial charge in [-0.05, 0) is 18.8 Å². The largest absolute Gasteiger partial charge is 0.481 e. The van der Waals surface area contributed by atoms with E-state index in [4.69, 9.17) is 4.74 Å². The van der Waals surface area contributed by atoms with Crippen molar-refractivity contribution >= 4 is 12.0 Å². The first kappa shape index (κ1) is 17.8. The third kappa shape index (κ3) is 4.09. The van der Waals surface area contributed by atoms with Crippen LogP contribution in [0.25, 0.3) is 0 Å². The maximum absolute atomic E-state index is 12.3. The summed E-state index contributed by atoms with van der Waals surface area (Å²) in [7, 11) is 1.61. The van der Waals surface area contributed by atoms with Gasteiger partial charge in [0, 0.05) is 20.2 Å². The maximum atomic E-state index is 12.3. The molecule has 2 N–H and O–H groups in total. The van der Waals surface area contributed by atoms with Crippen LogP contribution in [0.4, 0.5) is 4.79 Å². The highest BCUT2D eigenvalue weighted by atomic mass is 16.5. The van der Waals surface area contributed by atoms with Gasteiger partial charge in [0.15, 0.2) is 0 Å². The van der Waals surface area contributed by atoms with Gasteiger partial charge in [0.2, 0.25) is 0 Å². The number of carboxylic acid groups (broad SMARTS) is 1. The molecule has 2 atom stereocenters. The maximum Gasteiger partial charge on any atom is 0.317 e. The summed E-state index contributed by atoms with van der Waals surface area (Å²) in [5.41, 5.74) is -0.821. The van der Waals surface area contributed by atoms with E-state index in [1.54, 1.807) is 12.0 Å². The number of amides is 2. The van der Waals surface area contributed by atoms with Crippen LogP contribution in [-0.4, -0.2) is 54.9 Å². The number of hydrogen-bond donors (Lipinski definition) is 2. The normalized spacial score (nSPS) is 23.4. The fraction of sp³-hybridized carbons (Fsp3) is 0.867. The Kier molecular flexibility index (Phi) is 6.45. The monoisotopic (exact) mass is 300 g/mol. The number of rotatable bonds is 7. The highest BCUT2D eigenvalue weighted by Gasteiger charge is 2.48. The number of likely N-dealkylation sites (tertiary alicyclic amines) is 1. The number of ether oxygens (including phenoxy) is 1. The van der Waals surface area contributed by atoms with Crippen LogP contribution in [0, 0.1) is 11.3 Å². The lowest BCUT2D eigenvalue weighted by atomic mass is 9.76. The topological polar surface area (TPSA) is 78.9 Å². The second-order valence-electron chi connectivity index (χ2n) is 6.18. The Morgan fingerprint density at radius 1 is 1.43 bits per heavy atom. The van der Waals surface area contributed by atoms with Gasteiger partial charge in [0.1, 0.15) is 0 Å². The van der Waals surface area contributed by atoms with Gasteiger partial charge in [-0.1, -0.05) is 27.2 Å². The number of methoxy groups -OCH3 is 1. The quantitative estimate of drug-likeness (QED) is 0.753. The molecule has 2 unspecified atom stereocenters. The van der Waals surface area contributed by atoms with E-state index in [0.717, 1.165) is 12.8 Å². The van der Waals surface area contributed by atoms with Gasteiger partial charge in [-0.3, -0.25) is 4.79 Å². The molecular weight excluding hydrogens is 272 g/mol. The average molecular weight is 300 g/mol. The van der Waals surface area contributed by atoms with Crippen molar-refractivity contribution in [2.45, 2.75) is 46.1 Å². The van der Waals surface area contributed by atoms with Crippen LogP contribution in [0.5, 0.6) is 0 Å². The third-order valence-corrected chi connectivity index (χ3v) is 4.45. The minimum Gasteiger partial charge on any atom is -0.481 e. The molecule has 6 nitrogen and oxygen atoms in total. The SMILES string of the molecule is CCCC(COC)NC(=O)N1CCC(C(=O)O)(C(C)C)C1. The molecule has 0 spiro atoms. The number of carbonyl (C=O) groups excluding carboxylic acids is 1. The molecule has 0 aromatic heterocycles. The van der Waals surface area contributed by atoms with Crippen LogP contribution in [0.1, 0.15) is 40.0 Å². The van der Waals surface area contributed by atoms with E-state index in [0.29, 0.717) is 19.6 Å². The van der Waals surface area contributed by atoms with Crippen molar-refractivity contribution < 1.29 is 19.4 Å². The number of nitrogens with one attached hydrogen (secondary N) is 1. The van der Waals surface area contributed by atoms with Crippen LogP contribution < -0.4 is 5.32 Å². The molecule has 1 aliphatic heterocycles. The minimum atomic E-state index is -0.821. The summed E-state index contributed by atoms with van der Waals surface area (Å²) < 4.78 is 5.11. The molecule has 0 saturated carbocycles. The van der Waals surface area contributed by atoms with Gasteiger partial charge in [-0.2, -0.15) is 0 Å². The number of carbonyl (C=O) groups is 2. The zero-order valence-electron chi connectivity index (χ0n) is 13.5. The minimum absolute atomic E-state index is 0.00165. The first-order chi connectivity index (χ1) is 9.87. The number of urea groups is 1. The predicted molar refractivity (Wildman–Crippen MR) is 80.2 cm³/mol. The summed E-state index contributed by atoms with van der Waals surface area (Å²) in [6.07, 6.45) is 2.32. The summed E-state index contributed by atoms with van der Waals surface area (Å²) in [5.74, 6) is -0.812. The lowest BCUT2D eigenvalue weighted by Crippen LogP contribution is -2.47. The van der Waals surface area contributed by atoms with Crippen molar-refractivity contribution in [3.8, 4) is 0 Å². The summed E-state index contributed by atoms with van der Waals surface area (Å²) in [6.45, 7) is 7.10. The average Bonchev–Trinajstić information content (AvgIpc) is 2.85. The van der Waals surface area contributed by atoms with Crippen molar-refractivity contribution in [2.24, 2.45) is 11.3 Å². The molecule has 1 aliphatic rings. The number of nitrogens with zero attached hydrogens (tertiary/aromatic N) is 1. The van der Waals surface area contributed by atoms with Crippen molar-refractivity contribution in [2.75, 3.05) is 26.8 Å². The molecule has 1 saturated heterocycles. The van der Waals surface area contributed by atoms with Crippen molar-refractivity contribution in [3.05, 3.63) is 0 Å². The fourth-order valence-electron chi connectivity index (χ4n) is 2.91. The van der Waals surface area contributed by atoms with E-state index < -0.39 is 11.4 Å². The molecule has 0 aromatic rings. The Balaban J connectivity index is 2.66. The van der Waals surface area contributed by atoms with Crippen LogP contribution in [0.2, 0.25) is 0 Å². The van der Waals surface area contributed by atoms with Gasteiger partial charge in [-0.25, -0.2) is 4.79 Å². The fourth-order valence-corrected chi connectivity index (χ4v) is 2.91. The number of carboxylic acids is 1. The summed E-state index contributed by atoms with van der Waals surface area (Å²) in [5, 5.41) is 12.5. The Labute approximate surface area is 126 Å². The van der Waals surface area contributed by atoms with Crippen molar-refractivity contribution in [1.29, 1.82) is 0 Å². The van der Waals surface area contributed by atoms with E-state index >= 15 is 0 Å². The first-order valence-corrected chi connectivity index (χ1v) is 7.65. The van der Waals surface area contributed by atoms with Crippen LogP contribution in [-0.2, 0) is 9.53 Å². The summed E-state index contributed by atoms with van der Waals surface area (Å²) in [6, 6.07) is -0.208. The molecular formula is C15H28N2O4. The van der Waals surface area contributed by atoms with Crippen LogP contribution in [0.15, 0.2) is 0 Å². The van der Waals surface area contributed by atoms with E-state index in [2.05, 4.69) is 12.2 Å². The van der Waals surface area contributed by atoms with Gasteiger partial charge in [0.05, 0.1) is 18.1 Å². The Morgan fingerprint density at radius 3 is 2.52 bits per heavy atom. The second-order valence-corrected chi connectivity index (χ2v) is 6.18. The van der Waals surface area contributed by atoms with Crippen molar-refractivity contribution in [1.82, 2.24) is 10.2 Å². The molecule has 1 rings (SSSR count). The van der Waals surface area contributed by atoms with Gasteiger partial charge in [0.25, 0.3) is 0 Å². The number of aliphatic carboxylic acids is 1. The zero-order chi connectivity index (χ0) is 16.0.